The van der Waals surface area contributed by atoms with Crippen LogP contribution in [0, 0.1) is 11.6 Å². The SMILES string of the molecule is O=C(CC(=O)Nc1c(F)cccc1F)Nc1ccc2c(c1)OCCO2. The standard InChI is InChI=1S/C17H14F2N2O4/c18-11-2-1-3-12(19)17(11)21-16(23)9-15(22)20-10-4-5-13-14(8-10)25-7-6-24-13/h1-5,8H,6-7,9H2,(H,20,22)(H,21,23). The highest BCUT2D eigenvalue weighted by Gasteiger charge is 2.16. The largest absolute Gasteiger partial charge is 0.486 e. The van der Waals surface area contributed by atoms with Crippen molar-refractivity contribution in [1.29, 1.82) is 0 Å². The molecule has 0 saturated carbocycles. The molecule has 0 radical (unpaired) electrons. The minimum atomic E-state index is -0.916. The average molecular weight is 348 g/mol. The van der Waals surface area contributed by atoms with Crippen LogP contribution in [0.5, 0.6) is 11.5 Å². The molecule has 25 heavy (non-hydrogen) atoms. The Morgan fingerprint density at radius 1 is 0.920 bits per heavy atom. The van der Waals surface area contributed by atoms with Crippen LogP contribution >= 0.6 is 0 Å². The van der Waals surface area contributed by atoms with Gasteiger partial charge in [-0.25, -0.2) is 8.78 Å². The minimum absolute atomic E-state index is 0.404. The number of amides is 2. The second kappa shape index (κ2) is 7.16. The number of hydrogen-bond acceptors (Lipinski definition) is 4. The van der Waals surface area contributed by atoms with Gasteiger partial charge in [-0.15, -0.1) is 0 Å². The van der Waals surface area contributed by atoms with Gasteiger partial charge in [-0.1, -0.05) is 6.07 Å². The van der Waals surface area contributed by atoms with E-state index in [1.165, 1.54) is 6.07 Å². The summed E-state index contributed by atoms with van der Waals surface area (Å²) < 4.78 is 37.7. The third kappa shape index (κ3) is 4.03. The molecule has 1 aliphatic heterocycles. The summed E-state index contributed by atoms with van der Waals surface area (Å²) in [5.74, 6) is -2.25. The number of halogens is 2. The molecule has 0 bridgehead atoms. The van der Waals surface area contributed by atoms with Gasteiger partial charge < -0.3 is 20.1 Å². The van der Waals surface area contributed by atoms with E-state index >= 15 is 0 Å². The first-order valence-electron chi connectivity index (χ1n) is 7.46. The fourth-order valence-electron chi connectivity index (χ4n) is 2.27. The highest BCUT2D eigenvalue weighted by Crippen LogP contribution is 2.32. The normalized spacial score (nSPS) is 12.4. The Hall–Kier alpha value is -3.16. The molecule has 2 aromatic carbocycles. The fourth-order valence-corrected chi connectivity index (χ4v) is 2.27. The quantitative estimate of drug-likeness (QED) is 0.833. The number of anilines is 2. The number of para-hydroxylation sites is 1. The number of benzene rings is 2. The lowest BCUT2D eigenvalue weighted by atomic mass is 10.2. The van der Waals surface area contributed by atoms with E-state index in [4.69, 9.17) is 9.47 Å². The molecular weight excluding hydrogens is 334 g/mol. The maximum Gasteiger partial charge on any atom is 0.233 e. The van der Waals surface area contributed by atoms with Crippen molar-refractivity contribution in [3.05, 3.63) is 48.0 Å². The van der Waals surface area contributed by atoms with Crippen LogP contribution in [0.15, 0.2) is 36.4 Å². The van der Waals surface area contributed by atoms with E-state index in [9.17, 15) is 18.4 Å². The maximum absolute atomic E-state index is 13.5. The number of rotatable bonds is 4. The minimum Gasteiger partial charge on any atom is -0.486 e. The van der Waals surface area contributed by atoms with Crippen LogP contribution in [0.4, 0.5) is 20.2 Å². The lowest BCUT2D eigenvalue weighted by Crippen LogP contribution is -2.22. The number of carbonyl (C=O) groups excluding carboxylic acids is 2. The van der Waals surface area contributed by atoms with Gasteiger partial charge in [-0.2, -0.15) is 0 Å². The first-order valence-corrected chi connectivity index (χ1v) is 7.46. The molecule has 0 atom stereocenters. The molecule has 0 saturated heterocycles. The lowest BCUT2D eigenvalue weighted by Gasteiger charge is -2.19. The smallest absolute Gasteiger partial charge is 0.233 e. The molecule has 2 aromatic rings. The summed E-state index contributed by atoms with van der Waals surface area (Å²) in [5.41, 5.74) is -0.168. The molecule has 0 spiro atoms. The summed E-state index contributed by atoms with van der Waals surface area (Å²) in [6.45, 7) is 0.854. The highest BCUT2D eigenvalue weighted by atomic mass is 19.1. The molecule has 0 fully saturated rings. The van der Waals surface area contributed by atoms with Gasteiger partial charge in [0.15, 0.2) is 11.5 Å². The molecule has 130 valence electrons. The Bertz CT molecular complexity index is 806. The second-order valence-electron chi connectivity index (χ2n) is 5.23. The van der Waals surface area contributed by atoms with Crippen molar-refractivity contribution in [2.24, 2.45) is 0 Å². The molecule has 8 heteroatoms. The van der Waals surface area contributed by atoms with Crippen molar-refractivity contribution in [2.45, 2.75) is 6.42 Å². The number of fused-ring (bicyclic) bond motifs is 1. The van der Waals surface area contributed by atoms with Crippen LogP contribution in [0.25, 0.3) is 0 Å². The Morgan fingerprint density at radius 3 is 2.28 bits per heavy atom. The van der Waals surface area contributed by atoms with Crippen molar-refractivity contribution >= 4 is 23.2 Å². The molecule has 1 heterocycles. The maximum atomic E-state index is 13.5. The van der Waals surface area contributed by atoms with Gasteiger partial charge in [0.05, 0.1) is 0 Å². The molecule has 0 aliphatic carbocycles. The van der Waals surface area contributed by atoms with E-state index < -0.39 is 35.6 Å². The van der Waals surface area contributed by atoms with E-state index in [1.54, 1.807) is 18.2 Å². The summed E-state index contributed by atoms with van der Waals surface area (Å²) in [4.78, 5) is 23.7. The molecule has 0 unspecified atom stereocenters. The number of hydrogen-bond donors (Lipinski definition) is 2. The fraction of sp³-hybridized carbons (Fsp3) is 0.176. The highest BCUT2D eigenvalue weighted by molar-refractivity contribution is 6.08. The van der Waals surface area contributed by atoms with Gasteiger partial charge in [-0.05, 0) is 24.3 Å². The van der Waals surface area contributed by atoms with E-state index in [-0.39, 0.29) is 0 Å². The average Bonchev–Trinajstić information content (AvgIpc) is 2.58. The monoisotopic (exact) mass is 348 g/mol. The zero-order valence-corrected chi connectivity index (χ0v) is 13.0. The third-order valence-corrected chi connectivity index (χ3v) is 3.37. The van der Waals surface area contributed by atoms with Crippen LogP contribution in [0.3, 0.4) is 0 Å². The van der Waals surface area contributed by atoms with Crippen molar-refractivity contribution in [3.8, 4) is 11.5 Å². The Morgan fingerprint density at radius 2 is 1.56 bits per heavy atom. The predicted molar refractivity (Wildman–Crippen MR) is 85.7 cm³/mol. The number of nitrogens with one attached hydrogen (secondary N) is 2. The van der Waals surface area contributed by atoms with Crippen molar-refractivity contribution in [2.75, 3.05) is 23.8 Å². The van der Waals surface area contributed by atoms with Crippen LogP contribution in [0.2, 0.25) is 0 Å². The van der Waals surface area contributed by atoms with Gasteiger partial charge in [0.25, 0.3) is 0 Å². The van der Waals surface area contributed by atoms with Crippen LogP contribution < -0.4 is 20.1 Å². The van der Waals surface area contributed by atoms with Crippen molar-refractivity contribution in [3.63, 3.8) is 0 Å². The lowest BCUT2D eigenvalue weighted by molar-refractivity contribution is -0.123. The second-order valence-corrected chi connectivity index (χ2v) is 5.23. The van der Waals surface area contributed by atoms with E-state index in [0.29, 0.717) is 30.4 Å². The molecule has 0 aromatic heterocycles. The number of ether oxygens (including phenoxy) is 2. The first kappa shape index (κ1) is 16.7. The third-order valence-electron chi connectivity index (χ3n) is 3.37. The summed E-state index contributed by atoms with van der Waals surface area (Å²) in [6.07, 6.45) is -0.595. The Labute approximate surface area is 141 Å². The van der Waals surface area contributed by atoms with Gasteiger partial charge in [0.2, 0.25) is 11.8 Å². The van der Waals surface area contributed by atoms with Gasteiger partial charge in [0.1, 0.15) is 37.0 Å². The molecular formula is C17H14F2N2O4. The van der Waals surface area contributed by atoms with E-state index in [0.717, 1.165) is 12.1 Å². The Kier molecular flexibility index (Phi) is 4.78. The molecule has 3 rings (SSSR count). The molecule has 2 amide bonds. The van der Waals surface area contributed by atoms with E-state index in [2.05, 4.69) is 10.6 Å². The zero-order valence-electron chi connectivity index (χ0n) is 13.0. The van der Waals surface area contributed by atoms with Crippen molar-refractivity contribution in [1.82, 2.24) is 0 Å². The summed E-state index contributed by atoms with van der Waals surface area (Å²) >= 11 is 0. The van der Waals surface area contributed by atoms with Crippen LogP contribution in [0.1, 0.15) is 6.42 Å². The topological polar surface area (TPSA) is 76.7 Å². The van der Waals surface area contributed by atoms with Crippen LogP contribution in [-0.4, -0.2) is 25.0 Å². The van der Waals surface area contributed by atoms with Crippen molar-refractivity contribution < 1.29 is 27.8 Å². The van der Waals surface area contributed by atoms with E-state index in [1.807, 2.05) is 0 Å². The van der Waals surface area contributed by atoms with Gasteiger partial charge >= 0.3 is 0 Å². The zero-order chi connectivity index (χ0) is 17.8. The molecule has 2 N–H and O–H groups in total. The molecule has 6 nitrogen and oxygen atoms in total. The predicted octanol–water partition coefficient (Wildman–Crippen LogP) is 2.70. The van der Waals surface area contributed by atoms with Crippen LogP contribution in [-0.2, 0) is 9.59 Å². The van der Waals surface area contributed by atoms with Gasteiger partial charge in [0, 0.05) is 11.8 Å². The summed E-state index contributed by atoms with van der Waals surface area (Å²) in [7, 11) is 0. The summed E-state index contributed by atoms with van der Waals surface area (Å²) in [5, 5.41) is 4.57. The molecule has 1 aliphatic rings. The summed E-state index contributed by atoms with van der Waals surface area (Å²) in [6, 6.07) is 8.00. The number of carbonyl (C=O) groups is 2. The first-order chi connectivity index (χ1) is 12.0. The van der Waals surface area contributed by atoms with Gasteiger partial charge in [-0.3, -0.25) is 9.59 Å². The Balaban J connectivity index is 1.60.